The summed E-state index contributed by atoms with van der Waals surface area (Å²) in [5.74, 6) is 0. The molecule has 1 aliphatic carbocycles. The second-order valence-electron chi connectivity index (χ2n) is 5.71. The van der Waals surface area contributed by atoms with Gasteiger partial charge in [-0.3, -0.25) is 0 Å². The summed E-state index contributed by atoms with van der Waals surface area (Å²) in [6.45, 7) is 2.45. The third kappa shape index (κ3) is 2.28. The predicted molar refractivity (Wildman–Crippen MR) is 81.8 cm³/mol. The number of nitrogens with zero attached hydrogens (tertiary/aromatic N) is 1. The normalized spacial score (nSPS) is 23.4. The number of hydrogen-bond donors (Lipinski definition) is 2. The maximum absolute atomic E-state index is 10.8. The molecule has 0 radical (unpaired) electrons. The monoisotopic (exact) mass is 288 g/mol. The third-order valence-electron chi connectivity index (χ3n) is 4.46. The second-order valence-corrected chi connectivity index (χ2v) is 6.77. The van der Waals surface area contributed by atoms with Gasteiger partial charge in [0.15, 0.2) is 0 Å². The molecule has 1 aromatic heterocycles. The fourth-order valence-corrected chi connectivity index (χ4v) is 3.79. The first-order valence-corrected chi connectivity index (χ1v) is 7.89. The number of rotatable bonds is 3. The van der Waals surface area contributed by atoms with Crippen LogP contribution in [0.2, 0.25) is 0 Å². The largest absolute Gasteiger partial charge is 0.386 e. The Morgan fingerprint density at radius 3 is 2.80 bits per heavy atom. The molecule has 2 unspecified atom stereocenters. The highest BCUT2D eigenvalue weighted by molar-refractivity contribution is 7.09. The van der Waals surface area contributed by atoms with Crippen LogP contribution in [0.4, 0.5) is 0 Å². The van der Waals surface area contributed by atoms with E-state index in [1.54, 1.807) is 11.3 Å². The second kappa shape index (κ2) is 5.28. The minimum Gasteiger partial charge on any atom is -0.386 e. The van der Waals surface area contributed by atoms with Crippen molar-refractivity contribution in [3.63, 3.8) is 0 Å². The summed E-state index contributed by atoms with van der Waals surface area (Å²) < 4.78 is 0. The van der Waals surface area contributed by atoms with Crippen molar-refractivity contribution in [2.24, 2.45) is 11.1 Å². The minimum absolute atomic E-state index is 0.283. The van der Waals surface area contributed by atoms with E-state index < -0.39 is 6.10 Å². The Hall–Kier alpha value is -1.23. The van der Waals surface area contributed by atoms with Crippen molar-refractivity contribution in [2.75, 3.05) is 6.54 Å². The summed E-state index contributed by atoms with van der Waals surface area (Å²) in [6, 6.07) is 8.46. The zero-order valence-corrected chi connectivity index (χ0v) is 12.5. The molecule has 0 saturated heterocycles. The van der Waals surface area contributed by atoms with Crippen LogP contribution < -0.4 is 5.73 Å². The van der Waals surface area contributed by atoms with E-state index in [9.17, 15) is 5.11 Å². The molecule has 0 fully saturated rings. The highest BCUT2D eigenvalue weighted by Gasteiger charge is 2.41. The number of aliphatic hydroxyl groups excluding tert-OH is 1. The molecule has 20 heavy (non-hydrogen) atoms. The van der Waals surface area contributed by atoms with E-state index >= 15 is 0 Å². The van der Waals surface area contributed by atoms with Crippen LogP contribution in [0.25, 0.3) is 0 Å². The van der Waals surface area contributed by atoms with Crippen LogP contribution in [-0.2, 0) is 12.8 Å². The van der Waals surface area contributed by atoms with Gasteiger partial charge in [0.25, 0.3) is 0 Å². The number of hydrogen-bond acceptors (Lipinski definition) is 4. The first-order chi connectivity index (χ1) is 9.64. The zero-order chi connectivity index (χ0) is 14.2. The molecule has 0 aliphatic heterocycles. The summed E-state index contributed by atoms with van der Waals surface area (Å²) in [5, 5.41) is 13.7. The summed E-state index contributed by atoms with van der Waals surface area (Å²) in [7, 11) is 0. The standard InChI is InChI=1S/C16H20N2OS/c1-11-18-14(9-20-11)15(19)16(10-17)7-6-12-4-2-3-5-13(12)8-16/h2-5,9,15,19H,6-8,10,17H2,1H3. The van der Waals surface area contributed by atoms with Crippen molar-refractivity contribution in [3.8, 4) is 0 Å². The topological polar surface area (TPSA) is 59.1 Å². The number of thiazole rings is 1. The van der Waals surface area contributed by atoms with E-state index in [1.807, 2.05) is 12.3 Å². The summed E-state index contributed by atoms with van der Waals surface area (Å²) in [4.78, 5) is 4.45. The lowest BCUT2D eigenvalue weighted by Gasteiger charge is -2.40. The van der Waals surface area contributed by atoms with Crippen LogP contribution in [0, 0.1) is 12.3 Å². The predicted octanol–water partition coefficient (Wildman–Crippen LogP) is 2.62. The molecule has 1 heterocycles. The Morgan fingerprint density at radius 2 is 2.15 bits per heavy atom. The van der Waals surface area contributed by atoms with Crippen LogP contribution in [0.15, 0.2) is 29.6 Å². The van der Waals surface area contributed by atoms with E-state index in [1.165, 1.54) is 11.1 Å². The van der Waals surface area contributed by atoms with Crippen molar-refractivity contribution in [3.05, 3.63) is 51.5 Å². The first-order valence-electron chi connectivity index (χ1n) is 7.01. The highest BCUT2D eigenvalue weighted by Crippen LogP contribution is 2.44. The highest BCUT2D eigenvalue weighted by atomic mass is 32.1. The maximum Gasteiger partial charge on any atom is 0.104 e. The van der Waals surface area contributed by atoms with Crippen molar-refractivity contribution < 1.29 is 5.11 Å². The smallest absolute Gasteiger partial charge is 0.104 e. The number of nitrogens with two attached hydrogens (primary N) is 1. The molecule has 106 valence electrons. The van der Waals surface area contributed by atoms with Gasteiger partial charge in [-0.1, -0.05) is 24.3 Å². The fourth-order valence-electron chi connectivity index (χ4n) is 3.16. The molecule has 0 amide bonds. The maximum atomic E-state index is 10.8. The molecular formula is C16H20N2OS. The molecule has 3 rings (SSSR count). The van der Waals surface area contributed by atoms with Crippen LogP contribution >= 0.6 is 11.3 Å². The van der Waals surface area contributed by atoms with Crippen molar-refractivity contribution in [1.82, 2.24) is 4.98 Å². The summed E-state index contributed by atoms with van der Waals surface area (Å²) >= 11 is 1.58. The van der Waals surface area contributed by atoms with Gasteiger partial charge in [0, 0.05) is 17.3 Å². The molecule has 1 aromatic carbocycles. The van der Waals surface area contributed by atoms with Gasteiger partial charge < -0.3 is 10.8 Å². The average Bonchev–Trinajstić information content (AvgIpc) is 2.92. The van der Waals surface area contributed by atoms with Gasteiger partial charge in [0.05, 0.1) is 10.7 Å². The van der Waals surface area contributed by atoms with Gasteiger partial charge >= 0.3 is 0 Å². The third-order valence-corrected chi connectivity index (χ3v) is 5.25. The van der Waals surface area contributed by atoms with Crippen LogP contribution in [0.1, 0.15) is 34.4 Å². The lowest BCUT2D eigenvalue weighted by atomic mass is 9.67. The van der Waals surface area contributed by atoms with Gasteiger partial charge in [-0.25, -0.2) is 4.98 Å². The van der Waals surface area contributed by atoms with Gasteiger partial charge in [0.2, 0.25) is 0 Å². The average molecular weight is 288 g/mol. The van der Waals surface area contributed by atoms with E-state index in [-0.39, 0.29) is 5.41 Å². The molecular weight excluding hydrogens is 268 g/mol. The van der Waals surface area contributed by atoms with Gasteiger partial charge in [0.1, 0.15) is 6.10 Å². The minimum atomic E-state index is -0.578. The quantitative estimate of drug-likeness (QED) is 0.912. The Labute approximate surface area is 123 Å². The zero-order valence-electron chi connectivity index (χ0n) is 11.7. The molecule has 4 heteroatoms. The Balaban J connectivity index is 1.93. The molecule has 0 bridgehead atoms. The Kier molecular flexibility index (Phi) is 3.63. The Morgan fingerprint density at radius 1 is 1.40 bits per heavy atom. The number of fused-ring (bicyclic) bond motifs is 1. The van der Waals surface area contributed by atoms with Crippen LogP contribution in [-0.4, -0.2) is 16.6 Å². The number of aromatic nitrogens is 1. The van der Waals surface area contributed by atoms with E-state index in [0.717, 1.165) is 30.0 Å². The fraction of sp³-hybridized carbons (Fsp3) is 0.438. The van der Waals surface area contributed by atoms with Crippen LogP contribution in [0.3, 0.4) is 0 Å². The SMILES string of the molecule is Cc1nc(C(O)C2(CN)CCc3ccccc3C2)cs1. The number of benzene rings is 1. The molecule has 1 aliphatic rings. The Bertz CT molecular complexity index is 610. The lowest BCUT2D eigenvalue weighted by molar-refractivity contribution is 0.0150. The summed E-state index contributed by atoms with van der Waals surface area (Å²) in [5.41, 5.74) is 9.25. The first kappa shape index (κ1) is 13.7. The van der Waals surface area contributed by atoms with E-state index in [0.29, 0.717) is 6.54 Å². The number of aryl methyl sites for hydroxylation is 2. The molecule has 2 aromatic rings. The van der Waals surface area contributed by atoms with Crippen molar-refractivity contribution >= 4 is 11.3 Å². The van der Waals surface area contributed by atoms with Crippen molar-refractivity contribution in [1.29, 1.82) is 0 Å². The molecule has 3 N–H and O–H groups in total. The van der Waals surface area contributed by atoms with Gasteiger partial charge in [-0.2, -0.15) is 0 Å². The molecule has 0 saturated carbocycles. The van der Waals surface area contributed by atoms with Crippen LogP contribution in [0.5, 0.6) is 0 Å². The number of aliphatic hydroxyl groups is 1. The van der Waals surface area contributed by atoms with Crippen molar-refractivity contribution in [2.45, 2.75) is 32.3 Å². The molecule has 3 nitrogen and oxygen atoms in total. The summed E-state index contributed by atoms with van der Waals surface area (Å²) in [6.07, 6.45) is 2.15. The molecule has 2 atom stereocenters. The van der Waals surface area contributed by atoms with Gasteiger partial charge in [-0.15, -0.1) is 11.3 Å². The molecule has 0 spiro atoms. The van der Waals surface area contributed by atoms with E-state index in [2.05, 4.69) is 29.2 Å². The van der Waals surface area contributed by atoms with Gasteiger partial charge in [-0.05, 0) is 37.3 Å². The van der Waals surface area contributed by atoms with E-state index in [4.69, 9.17) is 5.73 Å². The lowest BCUT2D eigenvalue weighted by Crippen LogP contribution is -2.41.